The maximum absolute atomic E-state index is 11.5. The van der Waals surface area contributed by atoms with Crippen LogP contribution in [0.1, 0.15) is 23.4 Å². The summed E-state index contributed by atoms with van der Waals surface area (Å²) >= 11 is 1.76. The molecule has 1 saturated heterocycles. The summed E-state index contributed by atoms with van der Waals surface area (Å²) in [5.41, 5.74) is 2.07. The smallest absolute Gasteiger partial charge is 0.326 e. The third-order valence-corrected chi connectivity index (χ3v) is 7.36. The fraction of sp³-hybridized carbons (Fsp3) is 0.391. The van der Waals surface area contributed by atoms with Gasteiger partial charge in [0.05, 0.1) is 22.8 Å². The number of hydrogen-bond acceptors (Lipinski definition) is 8. The summed E-state index contributed by atoms with van der Waals surface area (Å²) in [6.45, 7) is 5.32. The predicted octanol–water partition coefficient (Wildman–Crippen LogP) is 0.538. The minimum Gasteiger partial charge on any atom is -0.493 e. The summed E-state index contributed by atoms with van der Waals surface area (Å²) in [7, 11) is 2.17. The Morgan fingerprint density at radius 3 is 2.79 bits per heavy atom. The molecule has 0 bridgehead atoms. The first kappa shape index (κ1) is 21.3. The zero-order valence-corrected chi connectivity index (χ0v) is 19.7. The molecule has 176 valence electrons. The highest BCUT2D eigenvalue weighted by molar-refractivity contribution is 7.15. The van der Waals surface area contributed by atoms with Gasteiger partial charge in [-0.1, -0.05) is 0 Å². The van der Waals surface area contributed by atoms with Crippen molar-refractivity contribution in [2.75, 3.05) is 33.2 Å². The third-order valence-electron chi connectivity index (χ3n) is 6.27. The van der Waals surface area contributed by atoms with Gasteiger partial charge in [-0.2, -0.15) is 9.61 Å². The van der Waals surface area contributed by atoms with E-state index in [1.54, 1.807) is 28.1 Å². The lowest BCUT2D eigenvalue weighted by atomic mass is 10.3. The molecule has 0 amide bonds. The lowest BCUT2D eigenvalue weighted by molar-refractivity contribution is 0.149. The Hall–Kier alpha value is -3.28. The van der Waals surface area contributed by atoms with Crippen LogP contribution in [0.5, 0.6) is 5.88 Å². The van der Waals surface area contributed by atoms with Crippen molar-refractivity contribution in [1.29, 1.82) is 0 Å². The van der Waals surface area contributed by atoms with E-state index >= 15 is 0 Å². The van der Waals surface area contributed by atoms with E-state index in [9.17, 15) is 9.90 Å². The topological polar surface area (TPSA) is 118 Å². The molecular formula is C23H26N8O2S. The molecule has 2 fully saturated rings. The number of fused-ring (bicyclic) bond motifs is 1. The standard InChI is InChI=1S/C23H26N8O2S/c1-29-6-8-30(9-7-29)13-16-4-5-19(34-16)17-11-20(25-15-2-3-15)31-21(26-17)14(12-24-31)10-18-22(32)28-23(33)27-18/h4-5,10-12,15,32H,2-3,6-9,13H2,1H3,(H2,27,28,33)/b14-10-,25-20?. The maximum Gasteiger partial charge on any atom is 0.326 e. The summed E-state index contributed by atoms with van der Waals surface area (Å²) in [5.74, 6) is -0.213. The molecule has 4 aromatic heterocycles. The first-order valence-corrected chi connectivity index (χ1v) is 12.3. The summed E-state index contributed by atoms with van der Waals surface area (Å²) in [4.78, 5) is 33.5. The van der Waals surface area contributed by atoms with E-state index in [1.165, 1.54) is 4.88 Å². The van der Waals surface area contributed by atoms with E-state index in [2.05, 4.69) is 44.0 Å². The molecule has 10 nitrogen and oxygen atoms in total. The Morgan fingerprint density at radius 1 is 1.24 bits per heavy atom. The maximum atomic E-state index is 11.5. The molecule has 1 saturated carbocycles. The quantitative estimate of drug-likeness (QED) is 0.385. The van der Waals surface area contributed by atoms with Crippen LogP contribution in [0.15, 0.2) is 34.2 Å². The number of hydrogen-bond donors (Lipinski definition) is 3. The molecule has 2 aliphatic rings. The van der Waals surface area contributed by atoms with E-state index < -0.39 is 5.69 Å². The minimum atomic E-state index is -0.468. The second-order valence-electron chi connectivity index (χ2n) is 9.03. The highest BCUT2D eigenvalue weighted by Crippen LogP contribution is 2.28. The van der Waals surface area contributed by atoms with E-state index in [4.69, 9.17) is 9.98 Å². The lowest BCUT2D eigenvalue weighted by Gasteiger charge is -2.31. The normalized spacial score (nSPS) is 19.0. The van der Waals surface area contributed by atoms with Crippen LogP contribution in [-0.4, -0.2) is 78.7 Å². The van der Waals surface area contributed by atoms with Crippen LogP contribution in [0.3, 0.4) is 0 Å². The minimum absolute atomic E-state index is 0.213. The van der Waals surface area contributed by atoms with Gasteiger partial charge in [-0.3, -0.25) is 14.9 Å². The number of nitrogens with zero attached hydrogens (tertiary/aromatic N) is 6. The molecule has 1 aliphatic carbocycles. The molecule has 4 aromatic rings. The Balaban J connectivity index is 1.40. The zero-order chi connectivity index (χ0) is 23.2. The molecule has 5 heterocycles. The second kappa shape index (κ2) is 8.49. The molecule has 0 spiro atoms. The molecule has 11 heteroatoms. The van der Waals surface area contributed by atoms with E-state index in [-0.39, 0.29) is 5.88 Å². The number of piperazine rings is 1. The van der Waals surface area contributed by atoms with Crippen molar-refractivity contribution < 1.29 is 5.11 Å². The summed E-state index contributed by atoms with van der Waals surface area (Å²) in [6, 6.07) is 6.65. The van der Waals surface area contributed by atoms with Crippen LogP contribution in [0.25, 0.3) is 22.3 Å². The highest BCUT2D eigenvalue weighted by atomic mass is 32.1. The van der Waals surface area contributed by atoms with E-state index in [0.717, 1.165) is 61.6 Å². The molecule has 34 heavy (non-hydrogen) atoms. The van der Waals surface area contributed by atoms with Crippen molar-refractivity contribution in [2.24, 2.45) is 4.99 Å². The fourth-order valence-electron chi connectivity index (χ4n) is 4.15. The van der Waals surface area contributed by atoms with Gasteiger partial charge < -0.3 is 15.0 Å². The van der Waals surface area contributed by atoms with Gasteiger partial charge in [0, 0.05) is 48.9 Å². The van der Waals surface area contributed by atoms with Crippen molar-refractivity contribution in [3.05, 3.63) is 56.2 Å². The number of thiophene rings is 1. The molecule has 6 rings (SSSR count). The van der Waals surface area contributed by atoms with E-state index in [0.29, 0.717) is 22.6 Å². The van der Waals surface area contributed by atoms with Crippen molar-refractivity contribution in [3.63, 3.8) is 0 Å². The van der Waals surface area contributed by atoms with Gasteiger partial charge in [0.2, 0.25) is 5.88 Å². The third kappa shape index (κ3) is 4.29. The second-order valence-corrected chi connectivity index (χ2v) is 10.2. The largest absolute Gasteiger partial charge is 0.493 e. The lowest BCUT2D eigenvalue weighted by Crippen LogP contribution is -2.43. The number of nitrogens with one attached hydrogen (secondary N) is 2. The Morgan fingerprint density at radius 2 is 2.06 bits per heavy atom. The van der Waals surface area contributed by atoms with Gasteiger partial charge in [-0.05, 0) is 38.1 Å². The predicted molar refractivity (Wildman–Crippen MR) is 130 cm³/mol. The number of rotatable bonds is 5. The molecule has 0 radical (unpaired) electrons. The SMILES string of the molecule is CN1CCN(Cc2ccc(-c3cc(=NC4CC4)n4nc/c(=C/c5[nH]c(=O)[nH]c5O)c4n3)s2)CC1. The summed E-state index contributed by atoms with van der Waals surface area (Å²) in [6.07, 6.45) is 5.52. The number of aromatic hydroxyl groups is 1. The van der Waals surface area contributed by atoms with Crippen LogP contribution < -0.4 is 16.4 Å². The van der Waals surface area contributed by atoms with Gasteiger partial charge in [0.25, 0.3) is 0 Å². The van der Waals surface area contributed by atoms with Crippen molar-refractivity contribution >= 4 is 23.1 Å². The molecular weight excluding hydrogens is 452 g/mol. The summed E-state index contributed by atoms with van der Waals surface area (Å²) in [5, 5.41) is 15.2. The number of aromatic nitrogens is 5. The molecule has 0 aromatic carbocycles. The Labute approximate surface area is 198 Å². The highest BCUT2D eigenvalue weighted by Gasteiger charge is 2.21. The number of likely N-dealkylation sites (N-methyl/N-ethyl adjacent to an activating group) is 1. The molecule has 0 atom stereocenters. The first-order chi connectivity index (χ1) is 16.5. The van der Waals surface area contributed by atoms with Crippen LogP contribution in [0.2, 0.25) is 0 Å². The van der Waals surface area contributed by atoms with Crippen molar-refractivity contribution in [2.45, 2.75) is 25.4 Å². The molecule has 1 aliphatic heterocycles. The number of H-pyrrole nitrogens is 2. The van der Waals surface area contributed by atoms with Crippen LogP contribution in [0, 0.1) is 0 Å². The molecule has 0 unspecified atom stereocenters. The van der Waals surface area contributed by atoms with Gasteiger partial charge in [0.15, 0.2) is 11.1 Å². The Bertz CT molecular complexity index is 1520. The van der Waals surface area contributed by atoms with Crippen LogP contribution in [0.4, 0.5) is 0 Å². The van der Waals surface area contributed by atoms with E-state index in [1.807, 2.05) is 6.07 Å². The molecule has 3 N–H and O–H groups in total. The fourth-order valence-corrected chi connectivity index (χ4v) is 5.16. The van der Waals surface area contributed by atoms with Gasteiger partial charge in [-0.25, -0.2) is 9.78 Å². The average Bonchev–Trinajstić information content (AvgIpc) is 3.20. The number of imidazole rings is 1. The van der Waals surface area contributed by atoms with Crippen molar-refractivity contribution in [1.82, 2.24) is 34.4 Å². The van der Waals surface area contributed by atoms with Gasteiger partial charge >= 0.3 is 5.69 Å². The van der Waals surface area contributed by atoms with Crippen LogP contribution >= 0.6 is 11.3 Å². The Kier molecular flexibility index (Phi) is 5.31. The summed E-state index contributed by atoms with van der Waals surface area (Å²) < 4.78 is 1.73. The first-order valence-electron chi connectivity index (χ1n) is 11.5. The van der Waals surface area contributed by atoms with Crippen molar-refractivity contribution in [3.8, 4) is 16.5 Å². The monoisotopic (exact) mass is 478 g/mol. The van der Waals surface area contributed by atoms with Crippen LogP contribution in [-0.2, 0) is 6.54 Å². The zero-order valence-electron chi connectivity index (χ0n) is 18.9. The average molecular weight is 479 g/mol. The van der Waals surface area contributed by atoms with Gasteiger partial charge in [-0.15, -0.1) is 11.3 Å². The number of aromatic amines is 2. The van der Waals surface area contributed by atoms with Gasteiger partial charge in [0.1, 0.15) is 5.69 Å².